The summed E-state index contributed by atoms with van der Waals surface area (Å²) < 4.78 is 11.7. The van der Waals surface area contributed by atoms with Gasteiger partial charge < -0.3 is 14.6 Å². The van der Waals surface area contributed by atoms with Gasteiger partial charge in [0.1, 0.15) is 5.75 Å². The van der Waals surface area contributed by atoms with E-state index in [-0.39, 0.29) is 0 Å². The van der Waals surface area contributed by atoms with E-state index in [4.69, 9.17) is 9.47 Å². The van der Waals surface area contributed by atoms with Crippen LogP contribution in [0.3, 0.4) is 0 Å². The van der Waals surface area contributed by atoms with Gasteiger partial charge in [0, 0.05) is 26.1 Å². The van der Waals surface area contributed by atoms with E-state index in [1.165, 1.54) is 16.7 Å². The maximum atomic E-state index is 11.1. The van der Waals surface area contributed by atoms with Crippen LogP contribution in [0.15, 0.2) is 115 Å². The van der Waals surface area contributed by atoms with Crippen molar-refractivity contribution in [3.63, 3.8) is 0 Å². The average Bonchev–Trinajstić information content (AvgIpc) is 2.92. The molecule has 4 heteroatoms. The first-order valence-corrected chi connectivity index (χ1v) is 12.6. The van der Waals surface area contributed by atoms with Crippen molar-refractivity contribution in [2.75, 3.05) is 19.8 Å². The first-order valence-electron chi connectivity index (χ1n) is 12.6. The summed E-state index contributed by atoms with van der Waals surface area (Å²) in [6.07, 6.45) is 0.192. The smallest absolute Gasteiger partial charge is 0.119 e. The van der Waals surface area contributed by atoms with E-state index in [1.807, 2.05) is 54.6 Å². The fraction of sp³-hybridized carbons (Fsp3) is 0.250. The standard InChI is InChI=1S/C32H35NO3/c34-32(25-33(23-27-12-4-1-5-13-27)24-28-14-6-2-7-15-28)30-18-10-19-31(22-30)36-21-11-20-35-26-29-16-8-3-9-17-29/h1-10,12-19,22,32,34H,11,20-21,23-26H2. The normalized spacial score (nSPS) is 11.9. The average molecular weight is 482 g/mol. The molecule has 0 saturated heterocycles. The van der Waals surface area contributed by atoms with Gasteiger partial charge in [-0.15, -0.1) is 0 Å². The predicted molar refractivity (Wildman–Crippen MR) is 145 cm³/mol. The number of aliphatic hydroxyl groups is 1. The van der Waals surface area contributed by atoms with Gasteiger partial charge in [0.25, 0.3) is 0 Å². The lowest BCUT2D eigenvalue weighted by atomic mass is 10.1. The second-order valence-corrected chi connectivity index (χ2v) is 8.97. The van der Waals surface area contributed by atoms with E-state index in [0.717, 1.165) is 30.8 Å². The molecule has 0 aliphatic carbocycles. The fourth-order valence-corrected chi connectivity index (χ4v) is 4.15. The van der Waals surface area contributed by atoms with Gasteiger partial charge in [-0.1, -0.05) is 103 Å². The number of ether oxygens (including phenoxy) is 2. The Morgan fingerprint density at radius 1 is 0.639 bits per heavy atom. The molecule has 4 nitrogen and oxygen atoms in total. The third kappa shape index (κ3) is 8.65. The minimum atomic E-state index is -0.616. The van der Waals surface area contributed by atoms with Crippen LogP contribution in [0.2, 0.25) is 0 Å². The van der Waals surface area contributed by atoms with Gasteiger partial charge in [-0.25, -0.2) is 0 Å². The van der Waals surface area contributed by atoms with Crippen molar-refractivity contribution in [1.29, 1.82) is 0 Å². The lowest BCUT2D eigenvalue weighted by molar-refractivity contribution is 0.103. The second-order valence-electron chi connectivity index (χ2n) is 8.97. The van der Waals surface area contributed by atoms with Gasteiger partial charge in [0.2, 0.25) is 0 Å². The highest BCUT2D eigenvalue weighted by molar-refractivity contribution is 5.30. The summed E-state index contributed by atoms with van der Waals surface area (Å²) >= 11 is 0. The molecule has 0 spiro atoms. The molecule has 0 fully saturated rings. The Balaban J connectivity index is 1.28. The van der Waals surface area contributed by atoms with E-state index in [2.05, 4.69) is 65.6 Å². The highest BCUT2D eigenvalue weighted by atomic mass is 16.5. The van der Waals surface area contributed by atoms with Crippen molar-refractivity contribution < 1.29 is 14.6 Å². The van der Waals surface area contributed by atoms with Gasteiger partial charge in [-0.3, -0.25) is 4.90 Å². The lowest BCUT2D eigenvalue weighted by Crippen LogP contribution is -2.28. The van der Waals surface area contributed by atoms with Gasteiger partial charge in [-0.2, -0.15) is 0 Å². The van der Waals surface area contributed by atoms with E-state index in [0.29, 0.717) is 26.4 Å². The van der Waals surface area contributed by atoms with Gasteiger partial charge in [0.15, 0.2) is 0 Å². The van der Waals surface area contributed by atoms with Crippen molar-refractivity contribution in [3.8, 4) is 5.75 Å². The van der Waals surface area contributed by atoms with Crippen molar-refractivity contribution in [2.24, 2.45) is 0 Å². The highest BCUT2D eigenvalue weighted by Crippen LogP contribution is 2.22. The van der Waals surface area contributed by atoms with Crippen LogP contribution in [0, 0.1) is 0 Å². The predicted octanol–water partition coefficient (Wildman–Crippen LogP) is 6.41. The molecular formula is C32H35NO3. The molecular weight excluding hydrogens is 446 g/mol. The number of hydrogen-bond acceptors (Lipinski definition) is 4. The molecule has 0 radical (unpaired) electrons. The van der Waals surface area contributed by atoms with Crippen LogP contribution in [-0.4, -0.2) is 29.8 Å². The lowest BCUT2D eigenvalue weighted by Gasteiger charge is -2.26. The molecule has 4 aromatic rings. The molecule has 4 aromatic carbocycles. The van der Waals surface area contributed by atoms with Gasteiger partial charge in [0.05, 0.1) is 25.9 Å². The zero-order chi connectivity index (χ0) is 24.8. The Labute approximate surface area is 214 Å². The number of hydrogen-bond donors (Lipinski definition) is 1. The summed E-state index contributed by atoms with van der Waals surface area (Å²) in [5.41, 5.74) is 4.49. The summed E-state index contributed by atoms with van der Waals surface area (Å²) in [5, 5.41) is 11.1. The highest BCUT2D eigenvalue weighted by Gasteiger charge is 2.15. The van der Waals surface area contributed by atoms with Gasteiger partial charge >= 0.3 is 0 Å². The number of aliphatic hydroxyl groups excluding tert-OH is 1. The Kier molecular flexibility index (Phi) is 10.1. The molecule has 4 rings (SSSR count). The molecule has 0 aliphatic rings. The fourth-order valence-electron chi connectivity index (χ4n) is 4.15. The Morgan fingerprint density at radius 2 is 1.22 bits per heavy atom. The zero-order valence-corrected chi connectivity index (χ0v) is 20.7. The molecule has 36 heavy (non-hydrogen) atoms. The van der Waals surface area contributed by atoms with E-state index in [1.54, 1.807) is 0 Å². The minimum Gasteiger partial charge on any atom is -0.493 e. The second kappa shape index (κ2) is 14.2. The molecule has 1 N–H and O–H groups in total. The van der Waals surface area contributed by atoms with Crippen LogP contribution in [0.25, 0.3) is 0 Å². The summed E-state index contributed by atoms with van der Waals surface area (Å²) in [4.78, 5) is 2.28. The van der Waals surface area contributed by atoms with Crippen molar-refractivity contribution in [3.05, 3.63) is 138 Å². The zero-order valence-electron chi connectivity index (χ0n) is 20.7. The van der Waals surface area contributed by atoms with Crippen LogP contribution < -0.4 is 4.74 Å². The number of rotatable bonds is 14. The summed E-state index contributed by atoms with van der Waals surface area (Å²) in [5.74, 6) is 0.771. The largest absolute Gasteiger partial charge is 0.493 e. The molecule has 0 bridgehead atoms. The molecule has 0 aliphatic heterocycles. The van der Waals surface area contributed by atoms with E-state index >= 15 is 0 Å². The number of nitrogens with zero attached hydrogens (tertiary/aromatic N) is 1. The summed E-state index contributed by atoms with van der Waals surface area (Å²) in [7, 11) is 0. The van der Waals surface area contributed by atoms with Crippen LogP contribution in [0.1, 0.15) is 34.8 Å². The molecule has 1 unspecified atom stereocenters. The topological polar surface area (TPSA) is 41.9 Å². The molecule has 186 valence electrons. The van der Waals surface area contributed by atoms with Crippen LogP contribution in [-0.2, 0) is 24.4 Å². The summed E-state index contributed by atoms with van der Waals surface area (Å²) in [6, 6.07) is 38.7. The molecule has 0 saturated carbocycles. The third-order valence-corrected chi connectivity index (χ3v) is 5.99. The van der Waals surface area contributed by atoms with E-state index < -0.39 is 6.10 Å². The van der Waals surface area contributed by atoms with Crippen LogP contribution in [0.5, 0.6) is 5.75 Å². The quantitative estimate of drug-likeness (QED) is 0.211. The molecule has 0 heterocycles. The monoisotopic (exact) mass is 481 g/mol. The first-order chi connectivity index (χ1) is 17.8. The molecule has 0 aromatic heterocycles. The first kappa shape index (κ1) is 25.6. The third-order valence-electron chi connectivity index (χ3n) is 5.99. The Morgan fingerprint density at radius 3 is 1.83 bits per heavy atom. The SMILES string of the molecule is OC(CN(Cc1ccccc1)Cc1ccccc1)c1cccc(OCCCOCc2ccccc2)c1. The molecule has 0 amide bonds. The van der Waals surface area contributed by atoms with Crippen molar-refractivity contribution in [2.45, 2.75) is 32.2 Å². The van der Waals surface area contributed by atoms with Crippen LogP contribution >= 0.6 is 0 Å². The number of benzene rings is 4. The summed E-state index contributed by atoms with van der Waals surface area (Å²) in [6.45, 7) is 3.90. The molecule has 1 atom stereocenters. The van der Waals surface area contributed by atoms with E-state index in [9.17, 15) is 5.11 Å². The Bertz CT molecular complexity index is 1090. The van der Waals surface area contributed by atoms with Crippen molar-refractivity contribution in [1.82, 2.24) is 4.90 Å². The van der Waals surface area contributed by atoms with Crippen LogP contribution in [0.4, 0.5) is 0 Å². The maximum absolute atomic E-state index is 11.1. The maximum Gasteiger partial charge on any atom is 0.119 e. The van der Waals surface area contributed by atoms with Crippen molar-refractivity contribution >= 4 is 0 Å². The Hall–Kier alpha value is -3.44. The van der Waals surface area contributed by atoms with Gasteiger partial charge in [-0.05, 0) is 34.4 Å². The minimum absolute atomic E-state index is 0.528.